The Balaban J connectivity index is 1.29. The van der Waals surface area contributed by atoms with Crippen molar-refractivity contribution in [2.45, 2.75) is 57.8 Å². The smallest absolute Gasteiger partial charge is 0.416 e. The van der Waals surface area contributed by atoms with E-state index in [1.807, 2.05) is 26.8 Å². The quantitative estimate of drug-likeness (QED) is 0.126. The van der Waals surface area contributed by atoms with Crippen molar-refractivity contribution < 1.29 is 37.1 Å². The first kappa shape index (κ1) is 36.8. The van der Waals surface area contributed by atoms with Crippen molar-refractivity contribution in [2.75, 3.05) is 0 Å². The van der Waals surface area contributed by atoms with Crippen LogP contribution >= 0.6 is 11.3 Å². The molecule has 2 heterocycles. The molecule has 5 rings (SSSR count). The minimum atomic E-state index is -4.49. The zero-order valence-corrected chi connectivity index (χ0v) is 28.8. The molecule has 0 spiro atoms. The Morgan fingerprint density at radius 1 is 0.804 bits per heavy atom. The summed E-state index contributed by atoms with van der Waals surface area (Å²) in [6.45, 7) is 7.43. The first-order chi connectivity index (χ1) is 24.0. The molecule has 0 unspecified atom stereocenters. The molecule has 264 valence electrons. The van der Waals surface area contributed by atoms with Crippen molar-refractivity contribution in [1.29, 1.82) is 0 Å². The van der Waals surface area contributed by atoms with Gasteiger partial charge in [-0.2, -0.15) is 13.2 Å². The molecule has 0 fully saturated rings. The van der Waals surface area contributed by atoms with Gasteiger partial charge < -0.3 is 15.7 Å². The van der Waals surface area contributed by atoms with E-state index in [1.54, 1.807) is 36.4 Å². The fourth-order valence-corrected chi connectivity index (χ4v) is 6.06. The zero-order chi connectivity index (χ0) is 37.1. The van der Waals surface area contributed by atoms with Crippen molar-refractivity contribution in [3.63, 3.8) is 0 Å². The van der Waals surface area contributed by atoms with E-state index in [-0.39, 0.29) is 17.4 Å². The number of amides is 2. The number of alkyl halides is 3. The first-order valence-corrected chi connectivity index (χ1v) is 16.6. The summed E-state index contributed by atoms with van der Waals surface area (Å²) in [5, 5.41) is 14.5. The van der Waals surface area contributed by atoms with Crippen LogP contribution in [-0.2, 0) is 27.6 Å². The van der Waals surface area contributed by atoms with Crippen LogP contribution in [0, 0.1) is 5.82 Å². The molecule has 0 aliphatic rings. The van der Waals surface area contributed by atoms with Gasteiger partial charge in [0.05, 0.1) is 10.4 Å². The van der Waals surface area contributed by atoms with Crippen LogP contribution < -0.4 is 10.6 Å². The zero-order valence-electron chi connectivity index (χ0n) is 28.0. The largest absolute Gasteiger partial charge is 0.480 e. The summed E-state index contributed by atoms with van der Waals surface area (Å²) in [6, 6.07) is 17.0. The number of aromatic nitrogens is 2. The van der Waals surface area contributed by atoms with E-state index >= 15 is 4.39 Å². The number of benzene rings is 3. The van der Waals surface area contributed by atoms with Gasteiger partial charge in [-0.15, -0.1) is 11.3 Å². The summed E-state index contributed by atoms with van der Waals surface area (Å²) in [5.74, 6) is -2.54. The Labute approximate surface area is 295 Å². The third-order valence-electron chi connectivity index (χ3n) is 8.05. The van der Waals surface area contributed by atoms with Crippen LogP contribution in [0.2, 0.25) is 0 Å². The molecular formula is C38H34F4N4O4S. The maximum absolute atomic E-state index is 15.0. The minimum Gasteiger partial charge on any atom is -0.480 e. The molecule has 51 heavy (non-hydrogen) atoms. The van der Waals surface area contributed by atoms with E-state index in [0.717, 1.165) is 17.0 Å². The van der Waals surface area contributed by atoms with Gasteiger partial charge in [-0.05, 0) is 59.4 Å². The Bertz CT molecular complexity index is 2040. The second-order valence-corrected chi connectivity index (χ2v) is 14.1. The number of hydrogen-bond acceptors (Lipinski definition) is 6. The molecule has 0 bridgehead atoms. The number of carbonyl (C=O) groups excluding carboxylic acids is 2. The molecule has 0 aliphatic heterocycles. The summed E-state index contributed by atoms with van der Waals surface area (Å²) in [6.07, 6.45) is -1.36. The predicted octanol–water partition coefficient (Wildman–Crippen LogP) is 7.92. The highest BCUT2D eigenvalue weighted by atomic mass is 32.1. The molecule has 3 N–H and O–H groups in total. The molecule has 0 aliphatic carbocycles. The number of rotatable bonds is 10. The van der Waals surface area contributed by atoms with Crippen molar-refractivity contribution in [1.82, 2.24) is 20.6 Å². The summed E-state index contributed by atoms with van der Waals surface area (Å²) in [5.41, 5.74) is 1.82. The number of carboxylic acids is 1. The summed E-state index contributed by atoms with van der Waals surface area (Å²) >= 11 is 1.33. The van der Waals surface area contributed by atoms with Gasteiger partial charge in [0.25, 0.3) is 5.91 Å². The van der Waals surface area contributed by atoms with Crippen molar-refractivity contribution in [3.05, 3.63) is 118 Å². The highest BCUT2D eigenvalue weighted by molar-refractivity contribution is 7.14. The molecule has 0 radical (unpaired) electrons. The lowest BCUT2D eigenvalue weighted by molar-refractivity contribution is -0.141. The van der Waals surface area contributed by atoms with Gasteiger partial charge in [0, 0.05) is 40.4 Å². The number of carboxylic acid groups (broad SMARTS) is 1. The molecule has 2 amide bonds. The number of aliphatic carboxylic acids is 1. The normalized spacial score (nSPS) is 12.9. The lowest BCUT2D eigenvalue weighted by atomic mass is 9.95. The highest BCUT2D eigenvalue weighted by Gasteiger charge is 2.30. The van der Waals surface area contributed by atoms with Crippen LogP contribution in [0.25, 0.3) is 33.6 Å². The average Bonchev–Trinajstić information content (AvgIpc) is 3.60. The van der Waals surface area contributed by atoms with E-state index in [1.165, 1.54) is 54.9 Å². The molecule has 5 aromatic rings. The van der Waals surface area contributed by atoms with Crippen LogP contribution in [0.4, 0.5) is 17.6 Å². The van der Waals surface area contributed by atoms with E-state index < -0.39 is 47.4 Å². The molecule has 13 heteroatoms. The second-order valence-electron chi connectivity index (χ2n) is 13.0. The Hall–Kier alpha value is -5.43. The SMILES string of the molecule is C[C@@H](NC(=O)[C@H](Cc1ccc(-c2ncc(-c3ccc(-c4ccc(C(F)(F)F)cc4)c(F)c3)cn2)cc1)NC(=O)c1ccc(C(C)(C)C)s1)C(=O)O. The van der Waals surface area contributed by atoms with E-state index in [4.69, 9.17) is 0 Å². The molecule has 2 aromatic heterocycles. The Kier molecular flexibility index (Phi) is 10.7. The van der Waals surface area contributed by atoms with Gasteiger partial charge >= 0.3 is 12.1 Å². The second kappa shape index (κ2) is 14.8. The topological polar surface area (TPSA) is 121 Å². The van der Waals surface area contributed by atoms with Gasteiger partial charge in [-0.25, -0.2) is 14.4 Å². The predicted molar refractivity (Wildman–Crippen MR) is 187 cm³/mol. The Morgan fingerprint density at radius 2 is 1.41 bits per heavy atom. The van der Waals surface area contributed by atoms with Gasteiger partial charge in [0.2, 0.25) is 5.91 Å². The van der Waals surface area contributed by atoms with E-state index in [0.29, 0.717) is 38.5 Å². The monoisotopic (exact) mass is 718 g/mol. The van der Waals surface area contributed by atoms with Gasteiger partial charge in [0.15, 0.2) is 5.82 Å². The van der Waals surface area contributed by atoms with Gasteiger partial charge in [-0.3, -0.25) is 14.4 Å². The van der Waals surface area contributed by atoms with E-state index in [2.05, 4.69) is 20.6 Å². The number of thiophene rings is 1. The van der Waals surface area contributed by atoms with Gasteiger partial charge in [-0.1, -0.05) is 69.3 Å². The number of nitrogens with zero attached hydrogens (tertiary/aromatic N) is 2. The van der Waals surface area contributed by atoms with Crippen molar-refractivity contribution in [2.24, 2.45) is 0 Å². The molecule has 3 aromatic carbocycles. The van der Waals surface area contributed by atoms with Crippen LogP contribution in [0.5, 0.6) is 0 Å². The highest BCUT2D eigenvalue weighted by Crippen LogP contribution is 2.33. The lowest BCUT2D eigenvalue weighted by Gasteiger charge is -2.20. The van der Waals surface area contributed by atoms with Crippen molar-refractivity contribution >= 4 is 29.1 Å². The van der Waals surface area contributed by atoms with E-state index in [9.17, 15) is 32.7 Å². The Morgan fingerprint density at radius 3 is 1.96 bits per heavy atom. The third-order valence-corrected chi connectivity index (χ3v) is 9.56. The molecule has 8 nitrogen and oxygen atoms in total. The summed E-state index contributed by atoms with van der Waals surface area (Å²) in [7, 11) is 0. The summed E-state index contributed by atoms with van der Waals surface area (Å²) in [4.78, 5) is 47.9. The third kappa shape index (κ3) is 9.03. The van der Waals surface area contributed by atoms with Crippen molar-refractivity contribution in [3.8, 4) is 33.6 Å². The summed E-state index contributed by atoms with van der Waals surface area (Å²) < 4.78 is 53.8. The number of carbonyl (C=O) groups is 3. The minimum absolute atomic E-state index is 0.0789. The lowest BCUT2D eigenvalue weighted by Crippen LogP contribution is -2.51. The fraction of sp³-hybridized carbons (Fsp3) is 0.237. The van der Waals surface area contributed by atoms with Crippen LogP contribution in [0.15, 0.2) is 91.3 Å². The van der Waals surface area contributed by atoms with Crippen LogP contribution in [-0.4, -0.2) is 44.9 Å². The standard InChI is InChI=1S/C38H34F4N4O4S/c1-21(36(49)50)45-34(47)30(46-35(48)31-15-16-32(51-31)37(2,3)4)17-22-5-7-24(8-6-22)33-43-19-26(20-44-33)25-11-14-28(29(39)18-25)23-9-12-27(13-10-23)38(40,41)42/h5-16,18-21,30H,17H2,1-4H3,(H,45,47)(H,46,48)(H,49,50)/t21-,30+/m1/s1. The van der Waals surface area contributed by atoms with Crippen LogP contribution in [0.1, 0.15) is 53.4 Å². The molecule has 0 saturated heterocycles. The number of nitrogens with one attached hydrogen (secondary N) is 2. The van der Waals surface area contributed by atoms with Crippen LogP contribution in [0.3, 0.4) is 0 Å². The van der Waals surface area contributed by atoms with Gasteiger partial charge in [0.1, 0.15) is 17.9 Å². The average molecular weight is 719 g/mol. The molecule has 0 saturated carbocycles. The fourth-order valence-electron chi connectivity index (χ4n) is 5.10. The first-order valence-electron chi connectivity index (χ1n) is 15.8. The maximum atomic E-state index is 15.0. The number of halogens is 4. The molecular weight excluding hydrogens is 685 g/mol. The number of hydrogen-bond donors (Lipinski definition) is 3. The maximum Gasteiger partial charge on any atom is 0.416 e. The molecule has 2 atom stereocenters.